The predicted octanol–water partition coefficient (Wildman–Crippen LogP) is -0.390. The fourth-order valence-electron chi connectivity index (χ4n) is 1.29. The molecule has 0 aliphatic rings. The molecule has 0 unspecified atom stereocenters. The summed E-state index contributed by atoms with van der Waals surface area (Å²) in [6.07, 6.45) is 1.54. The van der Waals surface area contributed by atoms with Crippen LogP contribution in [0.5, 0.6) is 0 Å². The molecule has 3 heterocycles. The summed E-state index contributed by atoms with van der Waals surface area (Å²) in [5.74, 6) is 0.169. The van der Waals surface area contributed by atoms with Gasteiger partial charge in [0.2, 0.25) is 11.1 Å². The number of aryl methyl sites for hydroxylation is 1. The molecule has 3 aromatic heterocycles. The van der Waals surface area contributed by atoms with E-state index in [1.807, 2.05) is 0 Å². The highest BCUT2D eigenvalue weighted by Gasteiger charge is 2.13. The van der Waals surface area contributed by atoms with E-state index in [9.17, 15) is 0 Å². The van der Waals surface area contributed by atoms with Gasteiger partial charge in [0.05, 0.1) is 6.33 Å². The third kappa shape index (κ3) is 1.67. The topological polar surface area (TPSA) is 124 Å². The van der Waals surface area contributed by atoms with Gasteiger partial charge in [0, 0.05) is 7.05 Å². The molecule has 0 atom stereocenters. The molecule has 3 N–H and O–H groups in total. The highest BCUT2D eigenvalue weighted by atomic mass is 32.2. The molecular formula is C7H7N9S. The van der Waals surface area contributed by atoms with Crippen LogP contribution in [0.15, 0.2) is 16.5 Å². The normalized spacial score (nSPS) is 11.1. The Labute approximate surface area is 98.8 Å². The fraction of sp³-hybridized carbons (Fsp3) is 0.143. The molecule has 3 aromatic rings. The van der Waals surface area contributed by atoms with Crippen LogP contribution in [-0.4, -0.2) is 40.1 Å². The molecular weight excluding hydrogens is 242 g/mol. The number of anilines is 1. The Balaban J connectivity index is 2.11. The van der Waals surface area contributed by atoms with Gasteiger partial charge in [-0.15, -0.1) is 5.10 Å². The maximum Gasteiger partial charge on any atom is 0.223 e. The van der Waals surface area contributed by atoms with Crippen LogP contribution in [0.4, 0.5) is 5.95 Å². The van der Waals surface area contributed by atoms with Crippen molar-refractivity contribution in [3.63, 3.8) is 0 Å². The van der Waals surface area contributed by atoms with Crippen LogP contribution in [-0.2, 0) is 7.05 Å². The van der Waals surface area contributed by atoms with Gasteiger partial charge in [-0.3, -0.25) is 0 Å². The number of hydrogen-bond donors (Lipinski definition) is 2. The summed E-state index contributed by atoms with van der Waals surface area (Å²) in [5.41, 5.74) is 6.84. The summed E-state index contributed by atoms with van der Waals surface area (Å²) in [6, 6.07) is 0. The number of tetrazole rings is 1. The number of H-pyrrole nitrogens is 1. The minimum atomic E-state index is 0.169. The molecule has 0 bridgehead atoms. The zero-order chi connectivity index (χ0) is 11.8. The lowest BCUT2D eigenvalue weighted by Gasteiger charge is -2.00. The van der Waals surface area contributed by atoms with Crippen LogP contribution in [0.2, 0.25) is 0 Å². The number of fused-ring (bicyclic) bond motifs is 1. The van der Waals surface area contributed by atoms with Gasteiger partial charge in [0.25, 0.3) is 0 Å². The largest absolute Gasteiger partial charge is 0.368 e. The van der Waals surface area contributed by atoms with Crippen molar-refractivity contribution in [3.8, 4) is 0 Å². The standard InChI is InChI=1S/C7H7N9S/c1-16-7(13-14-15-16)17-5-3-4(10-2-9-3)11-6(8)12-5/h2H,1H3,(H3,8,9,10,11,12). The van der Waals surface area contributed by atoms with Crippen molar-refractivity contribution in [2.24, 2.45) is 7.05 Å². The van der Waals surface area contributed by atoms with E-state index >= 15 is 0 Å². The van der Waals surface area contributed by atoms with Gasteiger partial charge in [-0.25, -0.2) is 14.6 Å². The summed E-state index contributed by atoms with van der Waals surface area (Å²) < 4.78 is 1.55. The average molecular weight is 249 g/mol. The minimum absolute atomic E-state index is 0.169. The van der Waals surface area contributed by atoms with Crippen LogP contribution >= 0.6 is 11.8 Å². The van der Waals surface area contributed by atoms with Crippen molar-refractivity contribution in [1.82, 2.24) is 40.1 Å². The summed E-state index contributed by atoms with van der Waals surface area (Å²) in [4.78, 5) is 15.1. The van der Waals surface area contributed by atoms with Crippen molar-refractivity contribution in [1.29, 1.82) is 0 Å². The lowest BCUT2D eigenvalue weighted by atomic mass is 10.5. The quantitative estimate of drug-likeness (QED) is 0.588. The Morgan fingerprint density at radius 3 is 3.06 bits per heavy atom. The van der Waals surface area contributed by atoms with Gasteiger partial charge in [-0.2, -0.15) is 4.98 Å². The van der Waals surface area contributed by atoms with Crippen molar-refractivity contribution < 1.29 is 0 Å². The third-order valence-corrected chi connectivity index (χ3v) is 3.06. The molecule has 17 heavy (non-hydrogen) atoms. The second-order valence-corrected chi connectivity index (χ2v) is 4.13. The van der Waals surface area contributed by atoms with Crippen LogP contribution in [0, 0.1) is 0 Å². The Morgan fingerprint density at radius 1 is 1.41 bits per heavy atom. The first kappa shape index (κ1) is 9.96. The third-order valence-electron chi connectivity index (χ3n) is 2.04. The van der Waals surface area contributed by atoms with E-state index in [1.165, 1.54) is 18.1 Å². The molecule has 9 nitrogen and oxygen atoms in total. The molecule has 3 rings (SSSR count). The lowest BCUT2D eigenvalue weighted by Crippen LogP contribution is -1.98. The van der Waals surface area contributed by atoms with E-state index in [0.717, 1.165) is 0 Å². The highest BCUT2D eigenvalue weighted by Crippen LogP contribution is 2.28. The molecule has 10 heteroatoms. The first-order chi connectivity index (χ1) is 8.24. The summed E-state index contributed by atoms with van der Waals surface area (Å²) in [7, 11) is 1.75. The molecule has 0 radical (unpaired) electrons. The molecule has 0 amide bonds. The summed E-state index contributed by atoms with van der Waals surface area (Å²) in [6.45, 7) is 0. The van der Waals surface area contributed by atoms with Gasteiger partial charge in [0.15, 0.2) is 5.65 Å². The number of aromatic amines is 1. The number of nitrogens with two attached hydrogens (primary N) is 1. The first-order valence-electron chi connectivity index (χ1n) is 4.61. The van der Waals surface area contributed by atoms with Crippen molar-refractivity contribution in [3.05, 3.63) is 6.33 Å². The minimum Gasteiger partial charge on any atom is -0.368 e. The molecule has 0 aliphatic heterocycles. The molecule has 0 aromatic carbocycles. The van der Waals surface area contributed by atoms with Crippen LogP contribution in [0.3, 0.4) is 0 Å². The second kappa shape index (κ2) is 3.66. The van der Waals surface area contributed by atoms with Gasteiger partial charge in [-0.05, 0) is 22.2 Å². The molecule has 0 saturated carbocycles. The maximum atomic E-state index is 5.60. The van der Waals surface area contributed by atoms with E-state index in [-0.39, 0.29) is 5.95 Å². The van der Waals surface area contributed by atoms with Crippen molar-refractivity contribution in [2.75, 3.05) is 5.73 Å². The maximum absolute atomic E-state index is 5.60. The molecule has 0 spiro atoms. The number of nitrogen functional groups attached to an aromatic ring is 1. The number of rotatable bonds is 2. The predicted molar refractivity (Wildman–Crippen MR) is 59.0 cm³/mol. The van der Waals surface area contributed by atoms with Gasteiger partial charge in [0.1, 0.15) is 10.5 Å². The Kier molecular flexibility index (Phi) is 2.14. The van der Waals surface area contributed by atoms with E-state index in [4.69, 9.17) is 5.73 Å². The van der Waals surface area contributed by atoms with E-state index in [1.54, 1.807) is 11.7 Å². The van der Waals surface area contributed by atoms with E-state index in [0.29, 0.717) is 21.3 Å². The number of nitrogens with zero attached hydrogens (tertiary/aromatic N) is 7. The lowest BCUT2D eigenvalue weighted by molar-refractivity contribution is 0.664. The highest BCUT2D eigenvalue weighted by molar-refractivity contribution is 7.99. The Hall–Kier alpha value is -2.23. The second-order valence-electron chi connectivity index (χ2n) is 3.18. The zero-order valence-electron chi connectivity index (χ0n) is 8.69. The number of hydrogen-bond acceptors (Lipinski definition) is 8. The zero-order valence-corrected chi connectivity index (χ0v) is 9.51. The fourth-order valence-corrected chi connectivity index (χ4v) is 2.10. The number of imidazole rings is 1. The Morgan fingerprint density at radius 2 is 2.29 bits per heavy atom. The number of aromatic nitrogens is 8. The smallest absolute Gasteiger partial charge is 0.223 e. The van der Waals surface area contributed by atoms with Crippen LogP contribution < -0.4 is 5.73 Å². The number of nitrogens with one attached hydrogen (secondary N) is 1. The summed E-state index contributed by atoms with van der Waals surface area (Å²) in [5, 5.41) is 12.4. The molecule has 86 valence electrons. The molecule has 0 saturated heterocycles. The van der Waals surface area contributed by atoms with Gasteiger partial charge >= 0.3 is 0 Å². The van der Waals surface area contributed by atoms with Crippen molar-refractivity contribution in [2.45, 2.75) is 10.2 Å². The SMILES string of the molecule is Cn1nnnc1Sc1nc(N)nc2nc[nH]c12. The Bertz CT molecular complexity index is 671. The monoisotopic (exact) mass is 249 g/mol. The molecule has 0 fully saturated rings. The first-order valence-corrected chi connectivity index (χ1v) is 5.42. The van der Waals surface area contributed by atoms with Crippen molar-refractivity contribution >= 4 is 28.9 Å². The van der Waals surface area contributed by atoms with Crippen LogP contribution in [0.25, 0.3) is 11.2 Å². The van der Waals surface area contributed by atoms with Crippen LogP contribution in [0.1, 0.15) is 0 Å². The average Bonchev–Trinajstić information content (AvgIpc) is 2.88. The van der Waals surface area contributed by atoms with E-state index in [2.05, 4.69) is 35.5 Å². The van der Waals surface area contributed by atoms with E-state index < -0.39 is 0 Å². The van der Waals surface area contributed by atoms with Gasteiger partial charge < -0.3 is 10.7 Å². The van der Waals surface area contributed by atoms with Gasteiger partial charge in [-0.1, -0.05) is 0 Å². The molecule has 0 aliphatic carbocycles. The summed E-state index contributed by atoms with van der Waals surface area (Å²) >= 11 is 1.29.